The van der Waals surface area contributed by atoms with Crippen molar-refractivity contribution in [3.8, 4) is 0 Å². The first-order valence-electron chi connectivity index (χ1n) is 7.74. The van der Waals surface area contributed by atoms with E-state index in [0.29, 0.717) is 18.4 Å². The summed E-state index contributed by atoms with van der Waals surface area (Å²) < 4.78 is 0. The first-order valence-corrected chi connectivity index (χ1v) is 7.74. The van der Waals surface area contributed by atoms with E-state index in [0.717, 1.165) is 13.1 Å². The third kappa shape index (κ3) is 3.05. The van der Waals surface area contributed by atoms with Crippen molar-refractivity contribution in [2.75, 3.05) is 13.2 Å². The molecule has 0 spiro atoms. The van der Waals surface area contributed by atoms with Crippen LogP contribution in [0.25, 0.3) is 10.9 Å². The second-order valence-electron chi connectivity index (χ2n) is 6.02. The molecule has 0 aliphatic heterocycles. The zero-order valence-corrected chi connectivity index (χ0v) is 11.9. The van der Waals surface area contributed by atoms with Crippen LogP contribution in [0.5, 0.6) is 0 Å². The quantitative estimate of drug-likeness (QED) is 0.783. The van der Waals surface area contributed by atoms with Crippen molar-refractivity contribution >= 4 is 10.9 Å². The number of hydrogen-bond donors (Lipinski definition) is 3. The summed E-state index contributed by atoms with van der Waals surface area (Å²) in [6.45, 7) is 2.29. The summed E-state index contributed by atoms with van der Waals surface area (Å²) in [4.78, 5) is 3.22. The molecule has 3 nitrogen and oxygen atoms in total. The molecule has 2 aromatic rings. The minimum absolute atomic E-state index is 0.349. The number of nitrogens with one attached hydrogen (secondary N) is 2. The summed E-state index contributed by atoms with van der Waals surface area (Å²) >= 11 is 0. The van der Waals surface area contributed by atoms with Crippen molar-refractivity contribution < 1.29 is 5.11 Å². The molecule has 0 radical (unpaired) electrons. The van der Waals surface area contributed by atoms with Crippen LogP contribution in [0.2, 0.25) is 0 Å². The maximum Gasteiger partial charge on any atom is 0.0462 e. The normalized spacial score (nSPS) is 23.2. The maximum atomic E-state index is 9.44. The van der Waals surface area contributed by atoms with Gasteiger partial charge in [0.1, 0.15) is 0 Å². The van der Waals surface area contributed by atoms with Gasteiger partial charge >= 0.3 is 0 Å². The fourth-order valence-corrected chi connectivity index (χ4v) is 3.41. The van der Waals surface area contributed by atoms with Gasteiger partial charge in [0.2, 0.25) is 0 Å². The van der Waals surface area contributed by atoms with Gasteiger partial charge in [0.25, 0.3) is 0 Å². The average Bonchev–Trinajstić information content (AvgIpc) is 2.95. The predicted molar refractivity (Wildman–Crippen MR) is 82.5 cm³/mol. The summed E-state index contributed by atoms with van der Waals surface area (Å²) in [5, 5.41) is 14.3. The Hall–Kier alpha value is -1.32. The van der Waals surface area contributed by atoms with Gasteiger partial charge in [0, 0.05) is 24.9 Å². The van der Waals surface area contributed by atoms with Crippen molar-refractivity contribution in [2.24, 2.45) is 11.8 Å². The van der Waals surface area contributed by atoms with E-state index in [4.69, 9.17) is 0 Å². The lowest BCUT2D eigenvalue weighted by atomic mass is 9.79. The summed E-state index contributed by atoms with van der Waals surface area (Å²) in [6, 6.07) is 8.67. The monoisotopic (exact) mass is 272 g/mol. The Morgan fingerprint density at radius 3 is 2.85 bits per heavy atom. The standard InChI is InChI=1S/C17H24N2O/c20-12-16-4-2-1-3-15(16)11-18-10-13-5-6-17-14(9-13)7-8-19-17/h5-9,15-16,18-20H,1-4,10-12H2. The Morgan fingerprint density at radius 2 is 2.00 bits per heavy atom. The molecule has 0 amide bonds. The zero-order chi connectivity index (χ0) is 13.8. The molecular formula is C17H24N2O. The van der Waals surface area contributed by atoms with Crippen LogP contribution in [-0.4, -0.2) is 23.2 Å². The lowest BCUT2D eigenvalue weighted by molar-refractivity contribution is 0.133. The van der Waals surface area contributed by atoms with E-state index in [1.54, 1.807) is 0 Å². The first-order chi connectivity index (χ1) is 9.86. The van der Waals surface area contributed by atoms with Gasteiger partial charge in [-0.2, -0.15) is 0 Å². The highest BCUT2D eigenvalue weighted by molar-refractivity contribution is 5.79. The highest BCUT2D eigenvalue weighted by Crippen LogP contribution is 2.29. The molecule has 3 rings (SSSR count). The van der Waals surface area contributed by atoms with Crippen molar-refractivity contribution in [1.82, 2.24) is 10.3 Å². The number of H-pyrrole nitrogens is 1. The summed E-state index contributed by atoms with van der Waals surface area (Å²) in [6.07, 6.45) is 7.03. The Bertz CT molecular complexity index is 549. The van der Waals surface area contributed by atoms with Crippen LogP contribution in [0.1, 0.15) is 31.2 Å². The molecule has 1 aliphatic carbocycles. The van der Waals surface area contributed by atoms with Gasteiger partial charge in [-0.05, 0) is 60.4 Å². The van der Waals surface area contributed by atoms with E-state index in [2.05, 4.69) is 34.6 Å². The molecule has 3 N–H and O–H groups in total. The fourth-order valence-electron chi connectivity index (χ4n) is 3.41. The Kier molecular flexibility index (Phi) is 4.38. The number of fused-ring (bicyclic) bond motifs is 1. The third-order valence-electron chi connectivity index (χ3n) is 4.65. The lowest BCUT2D eigenvalue weighted by Crippen LogP contribution is -2.32. The molecule has 0 bridgehead atoms. The second kappa shape index (κ2) is 6.42. The van der Waals surface area contributed by atoms with E-state index in [9.17, 15) is 5.11 Å². The zero-order valence-electron chi connectivity index (χ0n) is 11.9. The molecule has 1 heterocycles. The maximum absolute atomic E-state index is 9.44. The summed E-state index contributed by atoms with van der Waals surface area (Å²) in [7, 11) is 0. The van der Waals surface area contributed by atoms with Crippen LogP contribution in [0.3, 0.4) is 0 Å². The molecule has 1 aromatic heterocycles. The first kappa shape index (κ1) is 13.7. The molecule has 1 fully saturated rings. The molecule has 3 heteroatoms. The third-order valence-corrected chi connectivity index (χ3v) is 4.65. The summed E-state index contributed by atoms with van der Waals surface area (Å²) in [5.41, 5.74) is 2.52. The highest BCUT2D eigenvalue weighted by atomic mass is 16.3. The Morgan fingerprint density at radius 1 is 1.15 bits per heavy atom. The van der Waals surface area contributed by atoms with Crippen LogP contribution in [0.4, 0.5) is 0 Å². The number of benzene rings is 1. The van der Waals surface area contributed by atoms with Crippen LogP contribution in [-0.2, 0) is 6.54 Å². The molecule has 1 saturated carbocycles. The van der Waals surface area contributed by atoms with Crippen molar-refractivity contribution in [2.45, 2.75) is 32.2 Å². The number of hydrogen-bond acceptors (Lipinski definition) is 2. The van der Waals surface area contributed by atoms with Crippen LogP contribution in [0, 0.1) is 11.8 Å². The smallest absolute Gasteiger partial charge is 0.0462 e. The van der Waals surface area contributed by atoms with Gasteiger partial charge in [-0.1, -0.05) is 18.9 Å². The van der Waals surface area contributed by atoms with E-state index in [-0.39, 0.29) is 0 Å². The Balaban J connectivity index is 1.53. The van der Waals surface area contributed by atoms with Crippen LogP contribution in [0.15, 0.2) is 30.5 Å². The molecule has 0 saturated heterocycles. The topological polar surface area (TPSA) is 48.0 Å². The van der Waals surface area contributed by atoms with E-state index >= 15 is 0 Å². The Labute approximate surface area is 120 Å². The average molecular weight is 272 g/mol. The molecule has 1 aliphatic rings. The molecule has 2 atom stereocenters. The van der Waals surface area contributed by atoms with E-state index in [1.165, 1.54) is 42.1 Å². The van der Waals surface area contributed by atoms with E-state index in [1.807, 2.05) is 6.20 Å². The minimum Gasteiger partial charge on any atom is -0.396 e. The molecule has 20 heavy (non-hydrogen) atoms. The predicted octanol–water partition coefficient (Wildman–Crippen LogP) is 3.06. The van der Waals surface area contributed by atoms with Crippen molar-refractivity contribution in [3.63, 3.8) is 0 Å². The number of aromatic amines is 1. The van der Waals surface area contributed by atoms with Gasteiger partial charge in [0.05, 0.1) is 0 Å². The molecule has 1 aromatic carbocycles. The van der Waals surface area contributed by atoms with Gasteiger partial charge in [0.15, 0.2) is 0 Å². The van der Waals surface area contributed by atoms with Gasteiger partial charge < -0.3 is 15.4 Å². The van der Waals surface area contributed by atoms with Crippen LogP contribution >= 0.6 is 0 Å². The van der Waals surface area contributed by atoms with Gasteiger partial charge in [-0.3, -0.25) is 0 Å². The van der Waals surface area contributed by atoms with Gasteiger partial charge in [-0.25, -0.2) is 0 Å². The van der Waals surface area contributed by atoms with Crippen molar-refractivity contribution in [1.29, 1.82) is 0 Å². The largest absolute Gasteiger partial charge is 0.396 e. The fraction of sp³-hybridized carbons (Fsp3) is 0.529. The molecule has 2 unspecified atom stereocenters. The highest BCUT2D eigenvalue weighted by Gasteiger charge is 2.23. The molecule has 108 valence electrons. The lowest BCUT2D eigenvalue weighted by Gasteiger charge is -2.30. The second-order valence-corrected chi connectivity index (χ2v) is 6.02. The SMILES string of the molecule is OCC1CCCCC1CNCc1ccc2[nH]ccc2c1. The number of aliphatic hydroxyl groups excluding tert-OH is 1. The number of aromatic nitrogens is 1. The van der Waals surface area contributed by atoms with Crippen molar-refractivity contribution in [3.05, 3.63) is 36.0 Å². The van der Waals surface area contributed by atoms with E-state index < -0.39 is 0 Å². The van der Waals surface area contributed by atoms with Crippen LogP contribution < -0.4 is 5.32 Å². The van der Waals surface area contributed by atoms with Gasteiger partial charge in [-0.15, -0.1) is 0 Å². The minimum atomic E-state index is 0.349. The summed E-state index contributed by atoms with van der Waals surface area (Å²) in [5.74, 6) is 1.15. The number of rotatable bonds is 5. The number of aliphatic hydroxyl groups is 1. The molecular weight excluding hydrogens is 248 g/mol.